The molecule has 0 aliphatic carbocycles. The summed E-state index contributed by atoms with van der Waals surface area (Å²) in [5.74, 6) is -0.270. The molecule has 2 amide bonds. The normalized spacial score (nSPS) is 12.2. The van der Waals surface area contributed by atoms with Crippen LogP contribution in [0.5, 0.6) is 0 Å². The van der Waals surface area contributed by atoms with Gasteiger partial charge in [0.2, 0.25) is 0 Å². The van der Waals surface area contributed by atoms with E-state index in [2.05, 4.69) is 26.9 Å². The number of benzene rings is 3. The van der Waals surface area contributed by atoms with Gasteiger partial charge < -0.3 is 15.4 Å². The predicted octanol–water partition coefficient (Wildman–Crippen LogP) is 6.19. The third-order valence-electron chi connectivity index (χ3n) is 5.61. The van der Waals surface area contributed by atoms with Crippen LogP contribution < -0.4 is 10.6 Å². The summed E-state index contributed by atoms with van der Waals surface area (Å²) in [7, 11) is 0. The number of ether oxygens (including phenoxy) is 1. The second kappa shape index (κ2) is 10.4. The maximum absolute atomic E-state index is 13.3. The van der Waals surface area contributed by atoms with Crippen molar-refractivity contribution in [3.8, 4) is 11.1 Å². The topological polar surface area (TPSA) is 96.1 Å². The molecule has 0 bridgehead atoms. The van der Waals surface area contributed by atoms with E-state index in [9.17, 15) is 9.59 Å². The summed E-state index contributed by atoms with van der Waals surface area (Å²) in [6.45, 7) is 7.49. The first kappa shape index (κ1) is 25.3. The van der Waals surface area contributed by atoms with Gasteiger partial charge >= 0.3 is 6.09 Å². The number of aryl methyl sites for hydroxylation is 1. The number of aromatic amines is 1. The van der Waals surface area contributed by atoms with Gasteiger partial charge in [-0.25, -0.2) is 4.79 Å². The van der Waals surface area contributed by atoms with Gasteiger partial charge in [0.25, 0.3) is 5.91 Å². The summed E-state index contributed by atoms with van der Waals surface area (Å²) in [5.41, 5.74) is 4.42. The number of rotatable bonds is 6. The number of nitrogens with one attached hydrogen (secondary N) is 3. The predicted molar refractivity (Wildman–Crippen MR) is 142 cm³/mol. The third kappa shape index (κ3) is 6.23. The highest BCUT2D eigenvalue weighted by molar-refractivity contribution is 6.30. The van der Waals surface area contributed by atoms with E-state index in [1.165, 1.54) is 0 Å². The molecule has 0 fully saturated rings. The molecule has 36 heavy (non-hydrogen) atoms. The molecular formula is C28H29ClN4O3. The monoisotopic (exact) mass is 504 g/mol. The molecule has 1 unspecified atom stereocenters. The van der Waals surface area contributed by atoms with Crippen molar-refractivity contribution in [3.63, 3.8) is 0 Å². The minimum atomic E-state index is -0.628. The van der Waals surface area contributed by atoms with Crippen LogP contribution in [0.1, 0.15) is 48.4 Å². The minimum absolute atomic E-state index is 0.136. The van der Waals surface area contributed by atoms with Crippen molar-refractivity contribution >= 4 is 34.5 Å². The smallest absolute Gasteiger partial charge is 0.407 e. The van der Waals surface area contributed by atoms with Crippen molar-refractivity contribution in [1.82, 2.24) is 20.8 Å². The lowest BCUT2D eigenvalue weighted by atomic mass is 10.0. The van der Waals surface area contributed by atoms with Crippen molar-refractivity contribution in [1.29, 1.82) is 0 Å². The Morgan fingerprint density at radius 2 is 1.78 bits per heavy atom. The van der Waals surface area contributed by atoms with E-state index in [0.717, 1.165) is 33.3 Å². The standard InChI is InChI=1S/C28H29ClN4O3/c1-17-23-15-19(11-12-24(23)33-32-17)18-7-5-9-21(13-18)26(34)31-25(20-8-6-10-22(29)14-20)16-30-27(35)36-28(2,3)4/h5-15,25H,16H2,1-4H3,(H,30,35)(H,31,34)(H,32,33). The van der Waals surface area contributed by atoms with Crippen LogP contribution in [0, 0.1) is 6.92 Å². The van der Waals surface area contributed by atoms with Crippen molar-refractivity contribution in [3.05, 3.63) is 88.6 Å². The number of aromatic nitrogens is 2. The second-order valence-corrected chi connectivity index (χ2v) is 10.1. The molecule has 0 radical (unpaired) electrons. The van der Waals surface area contributed by atoms with E-state index in [0.29, 0.717) is 10.6 Å². The van der Waals surface area contributed by atoms with Gasteiger partial charge in [0.1, 0.15) is 5.60 Å². The Labute approximate surface area is 215 Å². The van der Waals surface area contributed by atoms with Crippen LogP contribution in [0.3, 0.4) is 0 Å². The van der Waals surface area contributed by atoms with Crippen LogP contribution in [0.2, 0.25) is 5.02 Å². The molecule has 1 heterocycles. The van der Waals surface area contributed by atoms with Crippen LogP contribution in [0.25, 0.3) is 22.0 Å². The average Bonchev–Trinajstić information content (AvgIpc) is 3.20. The molecule has 1 aromatic heterocycles. The molecule has 4 aromatic rings. The molecule has 186 valence electrons. The number of hydrogen-bond donors (Lipinski definition) is 3. The highest BCUT2D eigenvalue weighted by atomic mass is 35.5. The molecule has 3 aromatic carbocycles. The molecule has 7 nitrogen and oxygen atoms in total. The fraction of sp³-hybridized carbons (Fsp3) is 0.250. The van der Waals surface area contributed by atoms with Crippen molar-refractivity contribution in [2.45, 2.75) is 39.3 Å². The van der Waals surface area contributed by atoms with Crippen LogP contribution in [-0.2, 0) is 4.74 Å². The third-order valence-corrected chi connectivity index (χ3v) is 5.84. The summed E-state index contributed by atoms with van der Waals surface area (Å²) >= 11 is 6.19. The molecular weight excluding hydrogens is 476 g/mol. The van der Waals surface area contributed by atoms with E-state index in [4.69, 9.17) is 16.3 Å². The van der Waals surface area contributed by atoms with Crippen LogP contribution in [-0.4, -0.2) is 34.3 Å². The zero-order valence-corrected chi connectivity index (χ0v) is 21.4. The summed E-state index contributed by atoms with van der Waals surface area (Å²) < 4.78 is 5.34. The number of alkyl carbamates (subject to hydrolysis) is 1. The van der Waals surface area contributed by atoms with Gasteiger partial charge in [-0.1, -0.05) is 41.9 Å². The Morgan fingerprint density at radius 1 is 1.03 bits per heavy atom. The van der Waals surface area contributed by atoms with E-state index in [1.807, 2.05) is 43.3 Å². The fourth-order valence-corrected chi connectivity index (χ4v) is 4.07. The van der Waals surface area contributed by atoms with E-state index >= 15 is 0 Å². The Bertz CT molecular complexity index is 1410. The lowest BCUT2D eigenvalue weighted by molar-refractivity contribution is 0.0520. The van der Waals surface area contributed by atoms with E-state index in [-0.39, 0.29) is 12.5 Å². The van der Waals surface area contributed by atoms with Gasteiger partial charge in [0, 0.05) is 28.2 Å². The number of amides is 2. The maximum atomic E-state index is 13.3. The van der Waals surface area contributed by atoms with Crippen LogP contribution in [0.15, 0.2) is 66.7 Å². The van der Waals surface area contributed by atoms with Gasteiger partial charge in [0.05, 0.1) is 11.6 Å². The first-order chi connectivity index (χ1) is 17.1. The summed E-state index contributed by atoms with van der Waals surface area (Å²) in [5, 5.41) is 14.6. The molecule has 0 saturated heterocycles. The molecule has 8 heteroatoms. The average molecular weight is 505 g/mol. The Balaban J connectivity index is 1.55. The number of halogens is 1. The van der Waals surface area contributed by atoms with E-state index < -0.39 is 17.7 Å². The minimum Gasteiger partial charge on any atom is -0.444 e. The Hall–Kier alpha value is -3.84. The number of fused-ring (bicyclic) bond motifs is 1. The van der Waals surface area contributed by atoms with Gasteiger partial charge in [-0.05, 0) is 80.8 Å². The molecule has 4 rings (SSSR count). The summed E-state index contributed by atoms with van der Waals surface area (Å²) in [4.78, 5) is 25.5. The molecule has 1 atom stereocenters. The zero-order chi connectivity index (χ0) is 25.9. The number of carbonyl (C=O) groups is 2. The van der Waals surface area contributed by atoms with Gasteiger partial charge in [-0.3, -0.25) is 9.89 Å². The highest BCUT2D eigenvalue weighted by Gasteiger charge is 2.21. The van der Waals surface area contributed by atoms with Crippen LogP contribution in [0.4, 0.5) is 4.79 Å². The maximum Gasteiger partial charge on any atom is 0.407 e. The number of H-pyrrole nitrogens is 1. The summed E-state index contributed by atoms with van der Waals surface area (Å²) in [6.07, 6.45) is -0.560. The van der Waals surface area contributed by atoms with Gasteiger partial charge in [0.15, 0.2) is 0 Å². The quantitative estimate of drug-likeness (QED) is 0.292. The second-order valence-electron chi connectivity index (χ2n) is 9.63. The zero-order valence-electron chi connectivity index (χ0n) is 20.7. The number of hydrogen-bond acceptors (Lipinski definition) is 4. The van der Waals surface area contributed by atoms with Crippen molar-refractivity contribution < 1.29 is 14.3 Å². The van der Waals surface area contributed by atoms with Crippen LogP contribution >= 0.6 is 11.6 Å². The fourth-order valence-electron chi connectivity index (χ4n) is 3.87. The number of carbonyl (C=O) groups excluding carboxylic acids is 2. The Morgan fingerprint density at radius 3 is 2.53 bits per heavy atom. The highest BCUT2D eigenvalue weighted by Crippen LogP contribution is 2.26. The summed E-state index contributed by atoms with van der Waals surface area (Å²) in [6, 6.07) is 20.1. The Kier molecular flexibility index (Phi) is 7.31. The largest absolute Gasteiger partial charge is 0.444 e. The molecule has 0 spiro atoms. The lowest BCUT2D eigenvalue weighted by Crippen LogP contribution is -2.40. The molecule has 0 aliphatic heterocycles. The SMILES string of the molecule is Cc1[nH]nc2ccc(-c3cccc(C(=O)NC(CNC(=O)OC(C)(C)C)c4cccc(Cl)c4)c3)cc12. The lowest BCUT2D eigenvalue weighted by Gasteiger charge is -2.23. The van der Waals surface area contributed by atoms with Gasteiger partial charge in [-0.2, -0.15) is 5.10 Å². The van der Waals surface area contributed by atoms with E-state index in [1.54, 1.807) is 45.0 Å². The first-order valence-corrected chi connectivity index (χ1v) is 12.1. The molecule has 3 N–H and O–H groups in total. The molecule has 0 saturated carbocycles. The number of nitrogens with zero attached hydrogens (tertiary/aromatic N) is 1. The van der Waals surface area contributed by atoms with Crippen molar-refractivity contribution in [2.24, 2.45) is 0 Å². The van der Waals surface area contributed by atoms with Gasteiger partial charge in [-0.15, -0.1) is 0 Å². The van der Waals surface area contributed by atoms with Crippen molar-refractivity contribution in [2.75, 3.05) is 6.54 Å². The first-order valence-electron chi connectivity index (χ1n) is 11.7. The molecule has 0 aliphatic rings.